The molecule has 2 aromatic rings. The normalized spacial score (nSPS) is 10.5. The number of thioether (sulfide) groups is 1. The predicted molar refractivity (Wildman–Crippen MR) is 81.3 cm³/mol. The molecule has 1 heterocycles. The lowest BCUT2D eigenvalue weighted by atomic mass is 10.2. The molecule has 0 spiro atoms. The minimum absolute atomic E-state index is 0.0426. The molecule has 0 unspecified atom stereocenters. The molecule has 1 aromatic carbocycles. The van der Waals surface area contributed by atoms with Crippen LogP contribution in [-0.2, 0) is 5.75 Å². The Kier molecular flexibility index (Phi) is 4.40. The first-order chi connectivity index (χ1) is 9.47. The van der Waals surface area contributed by atoms with E-state index in [0.29, 0.717) is 11.4 Å². The monoisotopic (exact) mass is 311 g/mol. The highest BCUT2D eigenvalue weighted by molar-refractivity contribution is 8.00. The minimum Gasteiger partial charge on any atom is -0.398 e. The number of non-ortho nitro benzene ring substituents is 1. The van der Waals surface area contributed by atoms with Crippen molar-refractivity contribution in [2.24, 2.45) is 0 Å². The van der Waals surface area contributed by atoms with Crippen LogP contribution in [0.2, 0.25) is 0 Å². The lowest BCUT2D eigenvalue weighted by molar-refractivity contribution is -0.384. The average Bonchev–Trinajstić information content (AvgIpc) is 2.86. The molecule has 0 radical (unpaired) electrons. The number of aromatic nitrogens is 2. The molecule has 0 amide bonds. The molecule has 0 aliphatic rings. The van der Waals surface area contributed by atoms with Crippen LogP contribution in [0.15, 0.2) is 22.5 Å². The smallest absolute Gasteiger partial charge is 0.269 e. The van der Waals surface area contributed by atoms with E-state index in [1.54, 1.807) is 6.07 Å². The van der Waals surface area contributed by atoms with Crippen molar-refractivity contribution in [3.05, 3.63) is 33.9 Å². The number of nitro benzene ring substituents is 1. The first-order valence-electron chi connectivity index (χ1n) is 5.64. The number of nitrogens with zero attached hydrogens (tertiary/aromatic N) is 4. The van der Waals surface area contributed by atoms with E-state index in [0.717, 1.165) is 15.0 Å². The molecule has 1 aromatic heterocycles. The second-order valence-corrected chi connectivity index (χ2v) is 6.35. The van der Waals surface area contributed by atoms with Gasteiger partial charge in [0.2, 0.25) is 5.13 Å². The summed E-state index contributed by atoms with van der Waals surface area (Å²) in [5.41, 5.74) is 7.14. The fourth-order valence-electron chi connectivity index (χ4n) is 1.41. The number of benzene rings is 1. The Morgan fingerprint density at radius 3 is 2.80 bits per heavy atom. The van der Waals surface area contributed by atoms with Gasteiger partial charge in [0.05, 0.1) is 4.92 Å². The molecule has 9 heteroatoms. The van der Waals surface area contributed by atoms with E-state index in [1.165, 1.54) is 35.2 Å². The zero-order chi connectivity index (χ0) is 14.7. The highest BCUT2D eigenvalue weighted by Gasteiger charge is 2.11. The van der Waals surface area contributed by atoms with Crippen molar-refractivity contribution in [1.29, 1.82) is 0 Å². The van der Waals surface area contributed by atoms with Crippen molar-refractivity contribution in [2.75, 3.05) is 24.7 Å². The summed E-state index contributed by atoms with van der Waals surface area (Å²) in [6.07, 6.45) is 0. The number of nitrogens with two attached hydrogens (primary N) is 1. The number of anilines is 2. The van der Waals surface area contributed by atoms with Crippen LogP contribution in [0, 0.1) is 10.1 Å². The van der Waals surface area contributed by atoms with Gasteiger partial charge in [0.15, 0.2) is 4.34 Å². The number of nitro groups is 1. The van der Waals surface area contributed by atoms with Gasteiger partial charge in [0.25, 0.3) is 5.69 Å². The highest BCUT2D eigenvalue weighted by atomic mass is 32.2. The van der Waals surface area contributed by atoms with Gasteiger partial charge in [-0.25, -0.2) is 0 Å². The summed E-state index contributed by atoms with van der Waals surface area (Å²) in [6.45, 7) is 0. The second kappa shape index (κ2) is 6.06. The van der Waals surface area contributed by atoms with Gasteiger partial charge in [0.1, 0.15) is 0 Å². The molecule has 2 rings (SSSR count). The standard InChI is InChI=1S/C11H13N5O2S2/c1-15(2)10-13-14-11(20-10)19-6-7-5-8(16(17)18)3-4-9(7)12/h3-5H,6,12H2,1-2H3. The van der Waals surface area contributed by atoms with Crippen molar-refractivity contribution in [3.63, 3.8) is 0 Å². The first-order valence-corrected chi connectivity index (χ1v) is 7.44. The summed E-state index contributed by atoms with van der Waals surface area (Å²) in [5.74, 6) is 0.523. The van der Waals surface area contributed by atoms with Gasteiger partial charge in [-0.05, 0) is 11.6 Å². The number of nitrogen functional groups attached to an aromatic ring is 1. The van der Waals surface area contributed by atoms with E-state index in [2.05, 4.69) is 10.2 Å². The van der Waals surface area contributed by atoms with Crippen LogP contribution in [0.4, 0.5) is 16.5 Å². The van der Waals surface area contributed by atoms with Crippen LogP contribution < -0.4 is 10.6 Å². The quantitative estimate of drug-likeness (QED) is 0.392. The van der Waals surface area contributed by atoms with Crippen LogP contribution in [0.25, 0.3) is 0 Å². The molecule has 7 nitrogen and oxygen atoms in total. The Labute approximate surface area is 124 Å². The maximum absolute atomic E-state index is 10.7. The second-order valence-electron chi connectivity index (χ2n) is 4.17. The van der Waals surface area contributed by atoms with Gasteiger partial charge < -0.3 is 10.6 Å². The van der Waals surface area contributed by atoms with Gasteiger partial charge in [0, 0.05) is 37.7 Å². The summed E-state index contributed by atoms with van der Waals surface area (Å²) < 4.78 is 0.805. The van der Waals surface area contributed by atoms with E-state index >= 15 is 0 Å². The van der Waals surface area contributed by atoms with Crippen LogP contribution in [0.3, 0.4) is 0 Å². The number of rotatable bonds is 5. The summed E-state index contributed by atoms with van der Waals surface area (Å²) in [5, 5.41) is 19.7. The van der Waals surface area contributed by atoms with E-state index in [4.69, 9.17) is 5.73 Å². The Balaban J connectivity index is 2.09. The summed E-state index contributed by atoms with van der Waals surface area (Å²) in [6, 6.07) is 4.45. The summed E-state index contributed by atoms with van der Waals surface area (Å²) >= 11 is 2.93. The molecule has 0 aliphatic heterocycles. The largest absolute Gasteiger partial charge is 0.398 e. The van der Waals surface area contributed by atoms with Crippen LogP contribution >= 0.6 is 23.1 Å². The molecule has 2 N–H and O–H groups in total. The van der Waals surface area contributed by atoms with Crippen LogP contribution in [0.1, 0.15) is 5.56 Å². The van der Waals surface area contributed by atoms with E-state index in [9.17, 15) is 10.1 Å². The molecule has 20 heavy (non-hydrogen) atoms. The van der Waals surface area contributed by atoms with E-state index in [-0.39, 0.29) is 5.69 Å². The Bertz CT molecular complexity index is 629. The third-order valence-corrected chi connectivity index (χ3v) is 4.74. The SMILES string of the molecule is CN(C)c1nnc(SCc2cc([N+](=O)[O-])ccc2N)s1. The lowest BCUT2D eigenvalue weighted by Gasteiger charge is -2.04. The third kappa shape index (κ3) is 3.36. The maximum atomic E-state index is 10.7. The maximum Gasteiger partial charge on any atom is 0.269 e. The zero-order valence-electron chi connectivity index (χ0n) is 10.9. The van der Waals surface area contributed by atoms with Crippen molar-refractivity contribution in [3.8, 4) is 0 Å². The lowest BCUT2D eigenvalue weighted by Crippen LogP contribution is -2.07. The number of hydrogen-bond donors (Lipinski definition) is 1. The van der Waals surface area contributed by atoms with Gasteiger partial charge in [-0.3, -0.25) is 10.1 Å². The Morgan fingerprint density at radius 1 is 1.45 bits per heavy atom. The van der Waals surface area contributed by atoms with Crippen LogP contribution in [-0.4, -0.2) is 29.2 Å². The topological polar surface area (TPSA) is 98.2 Å². The molecule has 0 saturated carbocycles. The zero-order valence-corrected chi connectivity index (χ0v) is 12.6. The molecule has 0 atom stereocenters. The summed E-state index contributed by atoms with van der Waals surface area (Å²) in [7, 11) is 3.79. The summed E-state index contributed by atoms with van der Waals surface area (Å²) in [4.78, 5) is 12.2. The average molecular weight is 311 g/mol. The van der Waals surface area contributed by atoms with E-state index in [1.807, 2.05) is 19.0 Å². The minimum atomic E-state index is -0.428. The van der Waals surface area contributed by atoms with E-state index < -0.39 is 4.92 Å². The molecule has 0 aliphatic carbocycles. The molecule has 106 valence electrons. The van der Waals surface area contributed by atoms with Gasteiger partial charge >= 0.3 is 0 Å². The molecule has 0 fully saturated rings. The fourth-order valence-corrected chi connectivity index (χ4v) is 3.18. The molecule has 0 saturated heterocycles. The number of hydrogen-bond acceptors (Lipinski definition) is 8. The molecular formula is C11H13N5O2S2. The first kappa shape index (κ1) is 14.5. The van der Waals surface area contributed by atoms with Crippen LogP contribution in [0.5, 0.6) is 0 Å². The van der Waals surface area contributed by atoms with Gasteiger partial charge in [-0.15, -0.1) is 10.2 Å². The Hall–Kier alpha value is -1.87. The van der Waals surface area contributed by atoms with Crippen molar-refractivity contribution >= 4 is 39.6 Å². The van der Waals surface area contributed by atoms with Gasteiger partial charge in [-0.1, -0.05) is 23.1 Å². The Morgan fingerprint density at radius 2 is 2.20 bits per heavy atom. The third-order valence-electron chi connectivity index (χ3n) is 2.47. The van der Waals surface area contributed by atoms with Gasteiger partial charge in [-0.2, -0.15) is 0 Å². The van der Waals surface area contributed by atoms with Crippen molar-refractivity contribution < 1.29 is 4.92 Å². The molecule has 0 bridgehead atoms. The molecular weight excluding hydrogens is 298 g/mol. The fraction of sp³-hybridized carbons (Fsp3) is 0.273. The van der Waals surface area contributed by atoms with Crippen molar-refractivity contribution in [1.82, 2.24) is 10.2 Å². The predicted octanol–water partition coefficient (Wildman–Crippen LogP) is 2.39. The van der Waals surface area contributed by atoms with Crippen molar-refractivity contribution in [2.45, 2.75) is 10.1 Å². The highest BCUT2D eigenvalue weighted by Crippen LogP contribution is 2.31.